The lowest BCUT2D eigenvalue weighted by atomic mass is 10.00. The Morgan fingerprint density at radius 1 is 1.23 bits per heavy atom. The zero-order valence-corrected chi connectivity index (χ0v) is 12.6. The van der Waals surface area contributed by atoms with Gasteiger partial charge in [0.15, 0.2) is 0 Å². The molecule has 1 aromatic rings. The summed E-state index contributed by atoms with van der Waals surface area (Å²) in [5.41, 5.74) is 0.128. The van der Waals surface area contributed by atoms with Crippen LogP contribution in [-0.4, -0.2) is 30.6 Å². The fraction of sp³-hybridized carbons (Fsp3) is 0.562. The average Bonchev–Trinajstić information content (AvgIpc) is 2.47. The van der Waals surface area contributed by atoms with Gasteiger partial charge in [0.25, 0.3) is 0 Å². The first-order valence-electron chi connectivity index (χ1n) is 7.55. The van der Waals surface area contributed by atoms with Gasteiger partial charge in [0.2, 0.25) is 0 Å². The number of hydrogen-bond donors (Lipinski definition) is 1. The first kappa shape index (κ1) is 16.6. The first-order chi connectivity index (χ1) is 10.4. The number of rotatable bonds is 3. The number of nitrogens with one attached hydrogen (secondary N) is 1. The predicted molar refractivity (Wildman–Crippen MR) is 78.5 cm³/mol. The van der Waals surface area contributed by atoms with E-state index in [1.54, 1.807) is 4.90 Å². The molecule has 3 nitrogen and oxygen atoms in total. The van der Waals surface area contributed by atoms with Gasteiger partial charge in [-0.2, -0.15) is 13.2 Å². The smallest absolute Gasteiger partial charge is 0.338 e. The van der Waals surface area contributed by atoms with Gasteiger partial charge in [-0.25, -0.2) is 4.79 Å². The summed E-state index contributed by atoms with van der Waals surface area (Å²) in [6.07, 6.45) is -1.75. The number of urea groups is 1. The van der Waals surface area contributed by atoms with E-state index in [-0.39, 0.29) is 6.03 Å². The molecule has 0 spiro atoms. The van der Waals surface area contributed by atoms with Crippen LogP contribution >= 0.6 is 0 Å². The van der Waals surface area contributed by atoms with E-state index in [4.69, 9.17) is 0 Å². The van der Waals surface area contributed by atoms with Crippen molar-refractivity contribution in [1.82, 2.24) is 10.2 Å². The minimum Gasteiger partial charge on any atom is -0.338 e. The van der Waals surface area contributed by atoms with E-state index in [0.717, 1.165) is 43.6 Å². The molecule has 122 valence electrons. The second-order valence-electron chi connectivity index (χ2n) is 5.85. The lowest BCUT2D eigenvalue weighted by Crippen LogP contribution is -2.44. The van der Waals surface area contributed by atoms with Crippen molar-refractivity contribution in [2.75, 3.05) is 19.6 Å². The van der Waals surface area contributed by atoms with E-state index >= 15 is 0 Å². The maximum absolute atomic E-state index is 12.4. The predicted octanol–water partition coefficient (Wildman–Crippen LogP) is 3.69. The summed E-state index contributed by atoms with van der Waals surface area (Å²) in [4.78, 5) is 13.7. The number of likely N-dealkylation sites (tertiary alicyclic amines) is 1. The van der Waals surface area contributed by atoms with Crippen LogP contribution in [0.25, 0.3) is 0 Å². The molecule has 1 aliphatic rings. The molecule has 0 radical (unpaired) electrons. The van der Waals surface area contributed by atoms with Gasteiger partial charge in [-0.1, -0.05) is 19.1 Å². The van der Waals surface area contributed by atoms with Crippen molar-refractivity contribution in [2.24, 2.45) is 5.92 Å². The third kappa shape index (κ3) is 4.64. The van der Waals surface area contributed by atoms with Crippen LogP contribution in [-0.2, 0) is 12.6 Å². The van der Waals surface area contributed by atoms with Crippen LogP contribution in [0.5, 0.6) is 0 Å². The molecule has 0 bridgehead atoms. The highest BCUT2D eigenvalue weighted by molar-refractivity contribution is 5.74. The molecule has 1 N–H and O–H groups in total. The van der Waals surface area contributed by atoms with E-state index in [9.17, 15) is 18.0 Å². The molecule has 6 heteroatoms. The Balaban J connectivity index is 1.75. The van der Waals surface area contributed by atoms with Gasteiger partial charge in [0.05, 0.1) is 5.56 Å². The molecule has 2 rings (SSSR count). The number of carbonyl (C=O) groups is 1. The van der Waals surface area contributed by atoms with Crippen molar-refractivity contribution in [3.05, 3.63) is 35.4 Å². The van der Waals surface area contributed by atoms with E-state index in [2.05, 4.69) is 12.2 Å². The van der Waals surface area contributed by atoms with Gasteiger partial charge in [-0.15, -0.1) is 0 Å². The summed E-state index contributed by atoms with van der Waals surface area (Å²) in [6, 6.07) is 4.97. The Kier molecular flexibility index (Phi) is 5.32. The molecule has 22 heavy (non-hydrogen) atoms. The van der Waals surface area contributed by atoms with Gasteiger partial charge in [0, 0.05) is 19.6 Å². The standard InChI is InChI=1S/C16H21F3N2O/c1-12-7-10-21(11-8-12)15(22)20-9-6-13-2-4-14(5-3-13)16(17,18)19/h2-5,12H,6-11H2,1H3,(H,20,22). The molecule has 1 aromatic carbocycles. The molecule has 1 saturated heterocycles. The third-order valence-electron chi connectivity index (χ3n) is 4.04. The Hall–Kier alpha value is -1.72. The third-order valence-corrected chi connectivity index (χ3v) is 4.04. The molecule has 0 aromatic heterocycles. The lowest BCUT2D eigenvalue weighted by molar-refractivity contribution is -0.137. The van der Waals surface area contributed by atoms with Gasteiger partial charge in [-0.05, 0) is 42.9 Å². The summed E-state index contributed by atoms with van der Waals surface area (Å²) < 4.78 is 37.3. The molecule has 0 unspecified atom stereocenters. The number of hydrogen-bond acceptors (Lipinski definition) is 1. The minimum atomic E-state index is -4.31. The van der Waals surface area contributed by atoms with Gasteiger partial charge >= 0.3 is 12.2 Å². The van der Waals surface area contributed by atoms with Gasteiger partial charge in [-0.3, -0.25) is 0 Å². The molecule has 2 amide bonds. The quantitative estimate of drug-likeness (QED) is 0.907. The zero-order valence-electron chi connectivity index (χ0n) is 12.6. The fourth-order valence-corrected chi connectivity index (χ4v) is 2.50. The normalized spacial score (nSPS) is 16.6. The van der Waals surface area contributed by atoms with Gasteiger partial charge in [0.1, 0.15) is 0 Å². The molecular weight excluding hydrogens is 293 g/mol. The highest BCUT2D eigenvalue weighted by atomic mass is 19.4. The molecular formula is C16H21F3N2O. The molecule has 1 fully saturated rings. The van der Waals surface area contributed by atoms with Crippen molar-refractivity contribution < 1.29 is 18.0 Å². The lowest BCUT2D eigenvalue weighted by Gasteiger charge is -2.30. The maximum atomic E-state index is 12.4. The largest absolute Gasteiger partial charge is 0.416 e. The fourth-order valence-electron chi connectivity index (χ4n) is 2.50. The Bertz CT molecular complexity index is 491. The second kappa shape index (κ2) is 7.03. The summed E-state index contributed by atoms with van der Waals surface area (Å²) >= 11 is 0. The van der Waals surface area contributed by atoms with Crippen LogP contribution in [0.4, 0.5) is 18.0 Å². The number of amides is 2. The Labute approximate surface area is 128 Å². The molecule has 1 heterocycles. The van der Waals surface area contributed by atoms with Crippen LogP contribution in [0.3, 0.4) is 0 Å². The zero-order chi connectivity index (χ0) is 16.2. The number of halogens is 3. The minimum absolute atomic E-state index is 0.0844. The highest BCUT2D eigenvalue weighted by Gasteiger charge is 2.29. The molecule has 0 atom stereocenters. The first-order valence-corrected chi connectivity index (χ1v) is 7.55. The van der Waals surface area contributed by atoms with Crippen molar-refractivity contribution in [3.63, 3.8) is 0 Å². The summed E-state index contributed by atoms with van der Waals surface area (Å²) in [5.74, 6) is 0.663. The van der Waals surface area contributed by atoms with Crippen LogP contribution in [0, 0.1) is 5.92 Å². The average molecular weight is 314 g/mol. The maximum Gasteiger partial charge on any atom is 0.416 e. The summed E-state index contributed by atoms with van der Waals surface area (Å²) in [5, 5.41) is 2.83. The molecule has 0 saturated carbocycles. The van der Waals surface area contributed by atoms with Crippen molar-refractivity contribution in [3.8, 4) is 0 Å². The van der Waals surface area contributed by atoms with Crippen LogP contribution in [0.1, 0.15) is 30.9 Å². The number of benzene rings is 1. The monoisotopic (exact) mass is 314 g/mol. The van der Waals surface area contributed by atoms with Crippen molar-refractivity contribution >= 4 is 6.03 Å². The van der Waals surface area contributed by atoms with Crippen LogP contribution in [0.2, 0.25) is 0 Å². The van der Waals surface area contributed by atoms with Crippen LogP contribution in [0.15, 0.2) is 24.3 Å². The van der Waals surface area contributed by atoms with Crippen molar-refractivity contribution in [2.45, 2.75) is 32.4 Å². The molecule has 0 aliphatic carbocycles. The van der Waals surface area contributed by atoms with E-state index in [1.807, 2.05) is 0 Å². The molecule has 1 aliphatic heterocycles. The van der Waals surface area contributed by atoms with E-state index in [1.165, 1.54) is 12.1 Å². The summed E-state index contributed by atoms with van der Waals surface area (Å²) in [6.45, 7) is 4.15. The number of carbonyl (C=O) groups excluding carboxylic acids is 1. The number of alkyl halides is 3. The second-order valence-corrected chi connectivity index (χ2v) is 5.85. The number of nitrogens with zero attached hydrogens (tertiary/aromatic N) is 1. The highest BCUT2D eigenvalue weighted by Crippen LogP contribution is 2.29. The van der Waals surface area contributed by atoms with Crippen LogP contribution < -0.4 is 5.32 Å². The van der Waals surface area contributed by atoms with E-state index in [0.29, 0.717) is 18.9 Å². The van der Waals surface area contributed by atoms with E-state index < -0.39 is 11.7 Å². The topological polar surface area (TPSA) is 32.3 Å². The van der Waals surface area contributed by atoms with Gasteiger partial charge < -0.3 is 10.2 Å². The van der Waals surface area contributed by atoms with Crippen molar-refractivity contribution in [1.29, 1.82) is 0 Å². The Morgan fingerprint density at radius 2 is 1.82 bits per heavy atom. The summed E-state index contributed by atoms with van der Waals surface area (Å²) in [7, 11) is 0. The SMILES string of the molecule is CC1CCN(C(=O)NCCc2ccc(C(F)(F)F)cc2)CC1. The number of piperidine rings is 1. The Morgan fingerprint density at radius 3 is 2.36 bits per heavy atom.